The molecule has 2 aromatic heterocycles. The number of aliphatic hydroxyl groups is 1. The van der Waals surface area contributed by atoms with E-state index in [2.05, 4.69) is 15.3 Å². The molecular weight excluding hydrogens is 249 g/mol. The van der Waals surface area contributed by atoms with Gasteiger partial charge in [-0.05, 0) is 17.7 Å². The summed E-state index contributed by atoms with van der Waals surface area (Å²) in [5.74, 6) is 0. The normalized spacial score (nSPS) is 13.6. The second-order valence-corrected chi connectivity index (χ2v) is 3.66. The van der Waals surface area contributed by atoms with E-state index in [-0.39, 0.29) is 5.56 Å². The fourth-order valence-corrected chi connectivity index (χ4v) is 1.49. The van der Waals surface area contributed by atoms with E-state index in [0.29, 0.717) is 5.69 Å². The monoisotopic (exact) mass is 258 g/mol. The van der Waals surface area contributed by atoms with Gasteiger partial charge in [0, 0.05) is 13.2 Å². The summed E-state index contributed by atoms with van der Waals surface area (Å²) >= 11 is 0. The van der Waals surface area contributed by atoms with E-state index in [4.69, 9.17) is 0 Å². The van der Waals surface area contributed by atoms with Crippen LogP contribution >= 0.6 is 0 Å². The van der Waals surface area contributed by atoms with Crippen LogP contribution in [0, 0.1) is 0 Å². The standard InChI is InChI=1S/C10H9F3N4O/c1-17-7(5-15-16-17)9(18)6-2-3-14-8(4-6)10(11,12)13/h2-5,9,18H,1H3. The molecule has 0 radical (unpaired) electrons. The molecular formula is C10H9F3N4O. The summed E-state index contributed by atoms with van der Waals surface area (Å²) in [4.78, 5) is 3.22. The van der Waals surface area contributed by atoms with Crippen LogP contribution in [0.1, 0.15) is 23.1 Å². The molecule has 0 saturated carbocycles. The Balaban J connectivity index is 2.38. The van der Waals surface area contributed by atoms with E-state index in [0.717, 1.165) is 12.3 Å². The number of hydrogen-bond donors (Lipinski definition) is 1. The summed E-state index contributed by atoms with van der Waals surface area (Å²) in [7, 11) is 1.54. The van der Waals surface area contributed by atoms with Crippen LogP contribution in [0.15, 0.2) is 24.5 Å². The summed E-state index contributed by atoms with van der Waals surface area (Å²) in [6.45, 7) is 0. The van der Waals surface area contributed by atoms with Crippen molar-refractivity contribution in [3.63, 3.8) is 0 Å². The Morgan fingerprint density at radius 2 is 2.11 bits per heavy atom. The van der Waals surface area contributed by atoms with Gasteiger partial charge in [0.05, 0.1) is 11.9 Å². The molecule has 0 amide bonds. The van der Waals surface area contributed by atoms with E-state index in [1.807, 2.05) is 0 Å². The first-order valence-corrected chi connectivity index (χ1v) is 4.95. The summed E-state index contributed by atoms with van der Waals surface area (Å²) in [6, 6.07) is 2.12. The molecule has 8 heteroatoms. The lowest BCUT2D eigenvalue weighted by atomic mass is 10.1. The number of aliphatic hydroxyl groups excluding tert-OH is 1. The molecule has 2 aromatic rings. The number of halogens is 3. The van der Waals surface area contributed by atoms with Crippen molar-refractivity contribution in [1.29, 1.82) is 0 Å². The SMILES string of the molecule is Cn1nncc1C(O)c1ccnc(C(F)(F)F)c1. The number of rotatable bonds is 2. The zero-order chi connectivity index (χ0) is 13.3. The molecule has 0 aliphatic rings. The number of alkyl halides is 3. The van der Waals surface area contributed by atoms with Crippen LogP contribution in [0.4, 0.5) is 13.2 Å². The molecule has 2 rings (SSSR count). The van der Waals surface area contributed by atoms with Crippen molar-refractivity contribution in [3.05, 3.63) is 41.5 Å². The maximum atomic E-state index is 12.5. The van der Waals surface area contributed by atoms with Crippen LogP contribution in [0.2, 0.25) is 0 Å². The zero-order valence-electron chi connectivity index (χ0n) is 9.26. The van der Waals surface area contributed by atoms with E-state index in [1.54, 1.807) is 0 Å². The fraction of sp³-hybridized carbons (Fsp3) is 0.300. The second-order valence-electron chi connectivity index (χ2n) is 3.66. The molecule has 0 spiro atoms. The summed E-state index contributed by atoms with van der Waals surface area (Å²) < 4.78 is 38.7. The Bertz CT molecular complexity index is 552. The van der Waals surface area contributed by atoms with Gasteiger partial charge in [0.1, 0.15) is 11.8 Å². The van der Waals surface area contributed by atoms with E-state index in [9.17, 15) is 18.3 Å². The molecule has 18 heavy (non-hydrogen) atoms. The highest BCUT2D eigenvalue weighted by Gasteiger charge is 2.33. The largest absolute Gasteiger partial charge is 0.433 e. The van der Waals surface area contributed by atoms with Crippen molar-refractivity contribution >= 4 is 0 Å². The minimum absolute atomic E-state index is 0.0859. The molecule has 2 heterocycles. The number of aromatic nitrogens is 4. The van der Waals surface area contributed by atoms with Crippen LogP contribution in [0.3, 0.4) is 0 Å². The third kappa shape index (κ3) is 2.33. The van der Waals surface area contributed by atoms with Crippen LogP contribution < -0.4 is 0 Å². The lowest BCUT2D eigenvalue weighted by molar-refractivity contribution is -0.141. The van der Waals surface area contributed by atoms with Gasteiger partial charge in [-0.15, -0.1) is 5.10 Å². The predicted octanol–water partition coefficient (Wildman–Crippen LogP) is 1.31. The molecule has 96 valence electrons. The molecule has 0 saturated heterocycles. The number of nitrogens with zero attached hydrogens (tertiary/aromatic N) is 4. The van der Waals surface area contributed by atoms with Gasteiger partial charge in [-0.1, -0.05) is 5.21 Å². The first-order chi connectivity index (χ1) is 8.39. The Hall–Kier alpha value is -1.96. The molecule has 5 nitrogen and oxygen atoms in total. The molecule has 0 aromatic carbocycles. The van der Waals surface area contributed by atoms with Gasteiger partial charge in [0.25, 0.3) is 0 Å². The van der Waals surface area contributed by atoms with Crippen molar-refractivity contribution in [3.8, 4) is 0 Å². The predicted molar refractivity (Wildman–Crippen MR) is 54.3 cm³/mol. The highest BCUT2D eigenvalue weighted by Crippen LogP contribution is 2.30. The molecule has 0 fully saturated rings. The minimum atomic E-state index is -4.54. The highest BCUT2D eigenvalue weighted by atomic mass is 19.4. The molecule has 1 unspecified atom stereocenters. The highest BCUT2D eigenvalue weighted by molar-refractivity contribution is 5.26. The number of aryl methyl sites for hydroxylation is 1. The Labute approximate surface area is 99.9 Å². The van der Waals surface area contributed by atoms with Crippen molar-refractivity contribution in [2.45, 2.75) is 12.3 Å². The van der Waals surface area contributed by atoms with Crippen LogP contribution in [-0.2, 0) is 13.2 Å². The average Bonchev–Trinajstić information content (AvgIpc) is 2.73. The third-order valence-electron chi connectivity index (χ3n) is 2.42. The van der Waals surface area contributed by atoms with E-state index < -0.39 is 18.0 Å². The zero-order valence-corrected chi connectivity index (χ0v) is 9.26. The van der Waals surface area contributed by atoms with E-state index >= 15 is 0 Å². The topological polar surface area (TPSA) is 63.8 Å². The summed E-state index contributed by atoms with van der Waals surface area (Å²) in [6.07, 6.45) is -3.47. The summed E-state index contributed by atoms with van der Waals surface area (Å²) in [5, 5.41) is 17.1. The minimum Gasteiger partial charge on any atom is -0.382 e. The second kappa shape index (κ2) is 4.37. The van der Waals surface area contributed by atoms with Gasteiger partial charge in [0.2, 0.25) is 0 Å². The van der Waals surface area contributed by atoms with Crippen molar-refractivity contribution in [2.24, 2.45) is 7.05 Å². The fourth-order valence-electron chi connectivity index (χ4n) is 1.49. The molecule has 1 N–H and O–H groups in total. The first-order valence-electron chi connectivity index (χ1n) is 4.95. The molecule has 0 aliphatic carbocycles. The van der Waals surface area contributed by atoms with Gasteiger partial charge in [0.15, 0.2) is 0 Å². The number of hydrogen-bond acceptors (Lipinski definition) is 4. The van der Waals surface area contributed by atoms with Crippen LogP contribution in [0.5, 0.6) is 0 Å². The quantitative estimate of drug-likeness (QED) is 0.882. The smallest absolute Gasteiger partial charge is 0.382 e. The van der Waals surface area contributed by atoms with Crippen molar-refractivity contribution in [1.82, 2.24) is 20.0 Å². The van der Waals surface area contributed by atoms with Crippen LogP contribution in [0.25, 0.3) is 0 Å². The van der Waals surface area contributed by atoms with Crippen molar-refractivity contribution in [2.75, 3.05) is 0 Å². The summed E-state index contributed by atoms with van der Waals surface area (Å²) in [5.41, 5.74) is -0.661. The van der Waals surface area contributed by atoms with Gasteiger partial charge < -0.3 is 5.11 Å². The Morgan fingerprint density at radius 1 is 1.39 bits per heavy atom. The van der Waals surface area contributed by atoms with E-state index in [1.165, 1.54) is 24.0 Å². The molecule has 1 atom stereocenters. The Kier molecular flexibility index (Phi) is 3.04. The molecule has 0 bridgehead atoms. The van der Waals surface area contributed by atoms with Gasteiger partial charge in [-0.3, -0.25) is 4.98 Å². The van der Waals surface area contributed by atoms with Crippen molar-refractivity contribution < 1.29 is 18.3 Å². The molecule has 0 aliphatic heterocycles. The Morgan fingerprint density at radius 3 is 2.67 bits per heavy atom. The maximum Gasteiger partial charge on any atom is 0.433 e. The lowest BCUT2D eigenvalue weighted by Gasteiger charge is -2.12. The number of pyridine rings is 1. The third-order valence-corrected chi connectivity index (χ3v) is 2.42. The van der Waals surface area contributed by atoms with Gasteiger partial charge >= 0.3 is 6.18 Å². The average molecular weight is 258 g/mol. The first kappa shape index (κ1) is 12.5. The van der Waals surface area contributed by atoms with Gasteiger partial charge in [-0.2, -0.15) is 13.2 Å². The van der Waals surface area contributed by atoms with Gasteiger partial charge in [-0.25, -0.2) is 4.68 Å². The lowest BCUT2D eigenvalue weighted by Crippen LogP contribution is -2.11. The maximum absolute atomic E-state index is 12.5. The van der Waals surface area contributed by atoms with Crippen LogP contribution in [-0.4, -0.2) is 25.1 Å².